The minimum atomic E-state index is -0.578. The van der Waals surface area contributed by atoms with E-state index >= 15 is 0 Å². The lowest BCUT2D eigenvalue weighted by molar-refractivity contribution is 0.433. The number of rotatable bonds is 3. The number of furan rings is 1. The van der Waals surface area contributed by atoms with Gasteiger partial charge in [-0.3, -0.25) is 4.98 Å². The Morgan fingerprint density at radius 3 is 2.59 bits per heavy atom. The quantitative estimate of drug-likeness (QED) is 0.576. The second-order valence-corrected chi connectivity index (χ2v) is 6.42. The second kappa shape index (κ2) is 6.32. The van der Waals surface area contributed by atoms with Crippen LogP contribution in [0.2, 0.25) is 0 Å². The van der Waals surface area contributed by atoms with Crippen LogP contribution in [-0.2, 0) is 0 Å². The summed E-state index contributed by atoms with van der Waals surface area (Å²) in [5.41, 5.74) is 2.67. The number of aromatic hydroxyl groups is 1. The van der Waals surface area contributed by atoms with E-state index in [1.54, 1.807) is 25.4 Å². The van der Waals surface area contributed by atoms with Gasteiger partial charge in [0.15, 0.2) is 11.5 Å². The molecule has 0 aliphatic rings. The molecule has 0 saturated heterocycles. The van der Waals surface area contributed by atoms with Crippen LogP contribution in [-0.4, -0.2) is 17.1 Å². The number of fused-ring (bicyclic) bond motifs is 1. The monoisotopic (exact) mass is 362 g/mol. The van der Waals surface area contributed by atoms with E-state index < -0.39 is 5.63 Å². The molecule has 0 aliphatic carbocycles. The summed E-state index contributed by atoms with van der Waals surface area (Å²) in [6.07, 6.45) is 3.52. The maximum atomic E-state index is 11.9. The zero-order chi connectivity index (χ0) is 19.1. The maximum absolute atomic E-state index is 11.9. The molecule has 0 amide bonds. The Morgan fingerprint density at radius 2 is 1.85 bits per heavy atom. The van der Waals surface area contributed by atoms with E-state index in [0.29, 0.717) is 16.9 Å². The highest BCUT2D eigenvalue weighted by atomic mass is 16.4. The third-order valence-electron chi connectivity index (χ3n) is 4.70. The minimum Gasteiger partial charge on any atom is -0.507 e. The van der Waals surface area contributed by atoms with Crippen molar-refractivity contribution < 1.29 is 13.9 Å². The predicted octanol–water partition coefficient (Wildman–Crippen LogP) is 4.54. The lowest BCUT2D eigenvalue weighted by atomic mass is 10.1. The highest BCUT2D eigenvalue weighted by Gasteiger charge is 2.18. The van der Waals surface area contributed by atoms with Gasteiger partial charge in [0.1, 0.15) is 11.3 Å². The molecule has 0 saturated carbocycles. The average Bonchev–Trinajstić information content (AvgIpc) is 3.12. The molecule has 0 unspecified atom stereocenters. The largest absolute Gasteiger partial charge is 0.507 e. The number of hydrogen-bond acceptors (Lipinski definition) is 6. The number of anilines is 2. The normalized spacial score (nSPS) is 11.1. The third kappa shape index (κ3) is 2.85. The van der Waals surface area contributed by atoms with Crippen LogP contribution in [0.4, 0.5) is 11.4 Å². The second-order valence-electron chi connectivity index (χ2n) is 6.42. The molecule has 27 heavy (non-hydrogen) atoms. The fourth-order valence-corrected chi connectivity index (χ4v) is 3.02. The van der Waals surface area contributed by atoms with Crippen LogP contribution >= 0.6 is 0 Å². The molecule has 3 heterocycles. The Bertz CT molecular complexity index is 1190. The summed E-state index contributed by atoms with van der Waals surface area (Å²) < 4.78 is 11.2. The van der Waals surface area contributed by atoms with E-state index in [-0.39, 0.29) is 17.1 Å². The van der Waals surface area contributed by atoms with Gasteiger partial charge in [-0.25, -0.2) is 4.79 Å². The van der Waals surface area contributed by atoms with Crippen molar-refractivity contribution >= 4 is 22.3 Å². The van der Waals surface area contributed by atoms with Gasteiger partial charge in [0.25, 0.3) is 0 Å². The van der Waals surface area contributed by atoms with E-state index in [9.17, 15) is 9.90 Å². The molecule has 0 radical (unpaired) electrons. The van der Waals surface area contributed by atoms with Crippen molar-refractivity contribution in [2.24, 2.45) is 0 Å². The summed E-state index contributed by atoms with van der Waals surface area (Å²) in [6.45, 7) is 3.21. The molecule has 0 fully saturated rings. The number of hydrogen-bond donors (Lipinski definition) is 1. The van der Waals surface area contributed by atoms with Crippen LogP contribution in [0.3, 0.4) is 0 Å². The van der Waals surface area contributed by atoms with Crippen LogP contribution in [0.15, 0.2) is 62.4 Å². The highest BCUT2D eigenvalue weighted by molar-refractivity contribution is 5.86. The fourth-order valence-electron chi connectivity index (χ4n) is 3.02. The summed E-state index contributed by atoms with van der Waals surface area (Å²) in [7, 11) is 1.96. The van der Waals surface area contributed by atoms with Crippen molar-refractivity contribution in [2.75, 3.05) is 11.9 Å². The van der Waals surface area contributed by atoms with Crippen LogP contribution in [0.5, 0.6) is 5.75 Å². The van der Waals surface area contributed by atoms with Crippen LogP contribution < -0.4 is 10.5 Å². The molecule has 3 aromatic heterocycles. The Balaban J connectivity index is 1.79. The number of benzene rings is 1. The van der Waals surface area contributed by atoms with Gasteiger partial charge < -0.3 is 18.8 Å². The zero-order valence-corrected chi connectivity index (χ0v) is 15.2. The maximum Gasteiger partial charge on any atom is 0.343 e. The van der Waals surface area contributed by atoms with Crippen molar-refractivity contribution in [1.82, 2.24) is 4.98 Å². The molecule has 1 N–H and O–H groups in total. The molecule has 1 aromatic carbocycles. The van der Waals surface area contributed by atoms with Gasteiger partial charge in [-0.15, -0.1) is 0 Å². The van der Waals surface area contributed by atoms with Gasteiger partial charge in [-0.05, 0) is 50.2 Å². The molecule has 4 rings (SSSR count). The van der Waals surface area contributed by atoms with E-state index in [4.69, 9.17) is 8.83 Å². The van der Waals surface area contributed by atoms with Crippen LogP contribution in [0.1, 0.15) is 11.1 Å². The van der Waals surface area contributed by atoms with Gasteiger partial charge in [0.2, 0.25) is 0 Å². The first-order chi connectivity index (χ1) is 13.0. The first-order valence-electron chi connectivity index (χ1n) is 8.46. The Morgan fingerprint density at radius 1 is 1.04 bits per heavy atom. The average molecular weight is 362 g/mol. The summed E-state index contributed by atoms with van der Waals surface area (Å²) in [5.74, 6) is 0.566. The Labute approximate surface area is 155 Å². The smallest absolute Gasteiger partial charge is 0.343 e. The summed E-state index contributed by atoms with van der Waals surface area (Å²) in [6, 6.07) is 11.5. The molecule has 0 aliphatic heterocycles. The topological polar surface area (TPSA) is 79.7 Å². The molecule has 6 nitrogen and oxygen atoms in total. The lowest BCUT2D eigenvalue weighted by Crippen LogP contribution is -2.09. The Kier molecular flexibility index (Phi) is 3.96. The summed E-state index contributed by atoms with van der Waals surface area (Å²) >= 11 is 0. The van der Waals surface area contributed by atoms with Crippen molar-refractivity contribution in [3.8, 4) is 17.3 Å². The SMILES string of the molecule is Cc1c(-c2cc3cc(N(C)c4cccnc4)ccc3o2)oc(=O)c(C)c1O. The van der Waals surface area contributed by atoms with Crippen LogP contribution in [0, 0.1) is 13.8 Å². The molecule has 6 heteroatoms. The van der Waals surface area contributed by atoms with Gasteiger partial charge in [0, 0.05) is 29.9 Å². The van der Waals surface area contributed by atoms with Gasteiger partial charge in [0.05, 0.1) is 17.4 Å². The predicted molar refractivity (Wildman–Crippen MR) is 104 cm³/mol. The van der Waals surface area contributed by atoms with E-state index in [0.717, 1.165) is 16.8 Å². The first kappa shape index (κ1) is 16.9. The lowest BCUT2D eigenvalue weighted by Gasteiger charge is -2.18. The van der Waals surface area contributed by atoms with Gasteiger partial charge >= 0.3 is 5.63 Å². The molecule has 4 aromatic rings. The molecular formula is C21H18N2O4. The standard InChI is InChI=1S/C21H18N2O4/c1-12-19(24)13(2)21(25)27-20(12)18-10-14-9-15(6-7-17(14)26-18)23(3)16-5-4-8-22-11-16/h4-11,24H,1-3H3. The first-order valence-corrected chi connectivity index (χ1v) is 8.46. The third-order valence-corrected chi connectivity index (χ3v) is 4.70. The zero-order valence-electron chi connectivity index (χ0n) is 15.2. The summed E-state index contributed by atoms with van der Waals surface area (Å²) in [4.78, 5) is 18.1. The van der Waals surface area contributed by atoms with Crippen molar-refractivity contribution in [2.45, 2.75) is 13.8 Å². The fraction of sp³-hybridized carbons (Fsp3) is 0.143. The summed E-state index contributed by atoms with van der Waals surface area (Å²) in [5, 5.41) is 11.0. The number of aromatic nitrogens is 1. The van der Waals surface area contributed by atoms with Crippen molar-refractivity contribution in [3.63, 3.8) is 0 Å². The van der Waals surface area contributed by atoms with E-state index in [2.05, 4.69) is 4.98 Å². The molecular weight excluding hydrogens is 344 g/mol. The molecule has 0 spiro atoms. The highest BCUT2D eigenvalue weighted by Crippen LogP contribution is 2.35. The van der Waals surface area contributed by atoms with Crippen molar-refractivity contribution in [1.29, 1.82) is 0 Å². The Hall–Kier alpha value is -3.54. The molecule has 136 valence electrons. The van der Waals surface area contributed by atoms with E-state index in [1.807, 2.05) is 42.3 Å². The van der Waals surface area contributed by atoms with Crippen LogP contribution in [0.25, 0.3) is 22.5 Å². The number of pyridine rings is 1. The molecule has 0 atom stereocenters. The molecule has 0 bridgehead atoms. The van der Waals surface area contributed by atoms with Gasteiger partial charge in [-0.1, -0.05) is 0 Å². The number of nitrogens with zero attached hydrogens (tertiary/aromatic N) is 2. The van der Waals surface area contributed by atoms with Crippen molar-refractivity contribution in [3.05, 3.63) is 70.3 Å². The minimum absolute atomic E-state index is 0.0706. The van der Waals surface area contributed by atoms with E-state index in [1.165, 1.54) is 6.92 Å². The van der Waals surface area contributed by atoms with Gasteiger partial charge in [-0.2, -0.15) is 0 Å².